The number of amidine groups is 1. The number of benzene rings is 2. The molecule has 1 saturated heterocycles. The molecule has 52 heavy (non-hydrogen) atoms. The van der Waals surface area contributed by atoms with Gasteiger partial charge >= 0.3 is 6.09 Å². The summed E-state index contributed by atoms with van der Waals surface area (Å²) in [7, 11) is 1.47. The summed E-state index contributed by atoms with van der Waals surface area (Å²) in [5.74, 6) is 0.563. The third-order valence-corrected chi connectivity index (χ3v) is 9.91. The number of amides is 2. The molecule has 15 heteroatoms. The summed E-state index contributed by atoms with van der Waals surface area (Å²) in [5, 5.41) is 26.2. The van der Waals surface area contributed by atoms with E-state index in [1.165, 1.54) is 22.6 Å². The molecule has 266 valence electrons. The number of ether oxygens (including phenoxy) is 1. The van der Waals surface area contributed by atoms with Crippen molar-refractivity contribution >= 4 is 46.7 Å². The monoisotopic (exact) mass is 741 g/mol. The van der Waals surface area contributed by atoms with Crippen molar-refractivity contribution in [1.29, 1.82) is 0 Å². The van der Waals surface area contributed by atoms with E-state index in [0.717, 1.165) is 5.56 Å². The average Bonchev–Trinajstić information content (AvgIpc) is 3.56. The summed E-state index contributed by atoms with van der Waals surface area (Å²) in [6.45, 7) is 0.678. The van der Waals surface area contributed by atoms with Crippen LogP contribution in [0.4, 0.5) is 4.79 Å². The Balaban J connectivity index is 1.17. The van der Waals surface area contributed by atoms with Crippen LogP contribution in [-0.2, 0) is 11.3 Å². The summed E-state index contributed by atoms with van der Waals surface area (Å²) in [6, 6.07) is 18.0. The van der Waals surface area contributed by atoms with Crippen LogP contribution >= 0.6 is 23.2 Å². The van der Waals surface area contributed by atoms with Crippen LogP contribution in [0, 0.1) is 0 Å². The molecule has 7 rings (SSSR count). The van der Waals surface area contributed by atoms with Gasteiger partial charge in [-0.15, -0.1) is 0 Å². The van der Waals surface area contributed by atoms with Gasteiger partial charge in [0, 0.05) is 65.8 Å². The molecule has 0 bridgehead atoms. The number of carboxylic acid groups (broad SMARTS) is 1. The summed E-state index contributed by atoms with van der Waals surface area (Å²) >= 11 is 14.1. The van der Waals surface area contributed by atoms with E-state index in [-0.39, 0.29) is 43.0 Å². The van der Waals surface area contributed by atoms with Crippen LogP contribution in [-0.4, -0.2) is 86.2 Å². The zero-order chi connectivity index (χ0) is 36.5. The van der Waals surface area contributed by atoms with E-state index in [0.29, 0.717) is 80.0 Å². The number of aliphatic imine (C=N–C) groups is 1. The molecule has 0 saturated carbocycles. The number of β-amino-alcohol motifs (C(OH)–C–C–N with tert-alkyl or cyclic N) is 1. The molecule has 2 amide bonds. The standard InChI is InChI=1S/C37H33Cl2N7O6/c1-52-35-21(18-45(37(50)51)19-22-9-11-31(48)43-22)8-10-29(44-35)27-7-3-6-26(33(27)39)25-5-2-4-24(32(25)38)20-12-13-46-30(14-20)40-17-28(36(46)49)34-41-15-23(47)16-42-34/h2-8,10,12-14,17,22-23,47H,9,11,15-16,18-19H2,1H3,(H,41,42)(H,43,48)(H,50,51)/t22-/m0/s1. The molecule has 2 aromatic carbocycles. The second kappa shape index (κ2) is 14.6. The number of halogens is 2. The van der Waals surface area contributed by atoms with Crippen molar-refractivity contribution < 1.29 is 24.5 Å². The van der Waals surface area contributed by atoms with Gasteiger partial charge in [-0.05, 0) is 36.2 Å². The molecule has 0 radical (unpaired) electrons. The summed E-state index contributed by atoms with van der Waals surface area (Å²) in [6.07, 6.45) is 2.35. The van der Waals surface area contributed by atoms with Crippen molar-refractivity contribution in [2.45, 2.75) is 31.5 Å². The largest absolute Gasteiger partial charge is 0.481 e. The van der Waals surface area contributed by atoms with Gasteiger partial charge < -0.3 is 30.5 Å². The number of carbonyl (C=O) groups excluding carboxylic acids is 1. The maximum absolute atomic E-state index is 13.3. The Morgan fingerprint density at radius 3 is 2.42 bits per heavy atom. The van der Waals surface area contributed by atoms with Gasteiger partial charge in [-0.25, -0.2) is 14.8 Å². The molecular weight excluding hydrogens is 709 g/mol. The van der Waals surface area contributed by atoms with Gasteiger partial charge in [0.2, 0.25) is 11.8 Å². The lowest BCUT2D eigenvalue weighted by atomic mass is 9.97. The number of methoxy groups -OCH3 is 1. The number of carbonyl (C=O) groups is 2. The van der Waals surface area contributed by atoms with Crippen molar-refractivity contribution in [3.63, 3.8) is 0 Å². The van der Waals surface area contributed by atoms with Gasteiger partial charge in [-0.3, -0.25) is 19.0 Å². The minimum Gasteiger partial charge on any atom is -0.481 e. The molecule has 13 nitrogen and oxygen atoms in total. The van der Waals surface area contributed by atoms with Crippen LogP contribution in [0.1, 0.15) is 24.0 Å². The zero-order valence-corrected chi connectivity index (χ0v) is 29.4. The Kier molecular flexibility index (Phi) is 9.82. The Labute approximate surface area is 307 Å². The highest BCUT2D eigenvalue weighted by Crippen LogP contribution is 2.42. The van der Waals surface area contributed by atoms with Crippen LogP contribution in [0.5, 0.6) is 5.88 Å². The van der Waals surface area contributed by atoms with Crippen molar-refractivity contribution in [2.24, 2.45) is 4.99 Å². The Morgan fingerprint density at radius 2 is 1.75 bits per heavy atom. The number of hydrogen-bond acceptors (Lipinski definition) is 9. The molecule has 3 aromatic heterocycles. The van der Waals surface area contributed by atoms with E-state index in [1.54, 1.807) is 30.5 Å². The highest BCUT2D eigenvalue weighted by molar-refractivity contribution is 6.39. The number of hydrogen-bond donors (Lipinski definition) is 4. The van der Waals surface area contributed by atoms with Gasteiger partial charge in [0.15, 0.2) is 0 Å². The van der Waals surface area contributed by atoms with E-state index in [1.807, 2.05) is 36.4 Å². The first-order chi connectivity index (χ1) is 25.1. The number of nitrogens with one attached hydrogen (secondary N) is 2. The third-order valence-electron chi connectivity index (χ3n) is 9.09. The fourth-order valence-electron chi connectivity index (χ4n) is 6.43. The maximum Gasteiger partial charge on any atom is 0.407 e. The number of fused-ring (bicyclic) bond motifs is 1. The molecule has 0 spiro atoms. The lowest BCUT2D eigenvalue weighted by molar-refractivity contribution is -0.119. The quantitative estimate of drug-likeness (QED) is 0.165. The molecule has 2 aliphatic heterocycles. The van der Waals surface area contributed by atoms with Crippen molar-refractivity contribution in [3.05, 3.63) is 105 Å². The maximum atomic E-state index is 13.3. The minimum absolute atomic E-state index is 0.0198. The number of aliphatic hydroxyl groups excluding tert-OH is 1. The van der Waals surface area contributed by atoms with Crippen molar-refractivity contribution in [1.82, 2.24) is 29.9 Å². The van der Waals surface area contributed by atoms with Crippen LogP contribution < -0.4 is 20.9 Å². The highest BCUT2D eigenvalue weighted by Gasteiger charge is 2.26. The normalized spacial score (nSPS) is 17.0. The van der Waals surface area contributed by atoms with Gasteiger partial charge in [-0.2, -0.15) is 0 Å². The lowest BCUT2D eigenvalue weighted by Crippen LogP contribution is -2.42. The molecule has 1 unspecified atom stereocenters. The van der Waals surface area contributed by atoms with E-state index in [4.69, 9.17) is 27.9 Å². The molecule has 2 atom stereocenters. The smallest absolute Gasteiger partial charge is 0.407 e. The van der Waals surface area contributed by atoms with Gasteiger partial charge in [-0.1, -0.05) is 59.6 Å². The number of aromatic nitrogens is 3. The molecule has 0 aliphatic carbocycles. The second-order valence-corrected chi connectivity index (χ2v) is 13.3. The number of nitrogens with zero attached hydrogens (tertiary/aromatic N) is 5. The average molecular weight is 743 g/mol. The van der Waals surface area contributed by atoms with E-state index >= 15 is 0 Å². The lowest BCUT2D eigenvalue weighted by Gasteiger charge is -2.23. The van der Waals surface area contributed by atoms with Gasteiger partial charge in [0.25, 0.3) is 5.56 Å². The highest BCUT2D eigenvalue weighted by atomic mass is 35.5. The number of pyridine rings is 2. The van der Waals surface area contributed by atoms with Crippen LogP contribution in [0.2, 0.25) is 10.0 Å². The molecule has 5 aromatic rings. The SMILES string of the molecule is COc1nc(-c2cccc(-c3cccc(-c4ccn5c(=O)c(C6=NCC(O)CN6)cnc5c4)c3Cl)c2Cl)ccc1CN(C[C@@H]1CCC(=O)N1)C(=O)O. The Hall–Kier alpha value is -5.50. The van der Waals surface area contributed by atoms with Crippen LogP contribution in [0.25, 0.3) is 39.2 Å². The first kappa shape index (κ1) is 34.9. The van der Waals surface area contributed by atoms with Crippen molar-refractivity contribution in [3.8, 4) is 39.4 Å². The van der Waals surface area contributed by atoms with E-state index in [2.05, 4.69) is 25.6 Å². The Bertz CT molecular complexity index is 2310. The molecule has 4 N–H and O–H groups in total. The molecule has 5 heterocycles. The number of rotatable bonds is 9. The predicted octanol–water partition coefficient (Wildman–Crippen LogP) is 4.88. The predicted molar refractivity (Wildman–Crippen MR) is 197 cm³/mol. The molecule has 2 aliphatic rings. The fraction of sp³-hybridized carbons (Fsp3) is 0.243. The fourth-order valence-corrected chi connectivity index (χ4v) is 7.09. The second-order valence-electron chi connectivity index (χ2n) is 12.5. The third kappa shape index (κ3) is 6.90. The summed E-state index contributed by atoms with van der Waals surface area (Å²) in [5.41, 5.74) is 4.91. The first-order valence-electron chi connectivity index (χ1n) is 16.5. The van der Waals surface area contributed by atoms with Crippen LogP contribution in [0.3, 0.4) is 0 Å². The minimum atomic E-state index is -1.12. The van der Waals surface area contributed by atoms with Crippen molar-refractivity contribution in [2.75, 3.05) is 26.7 Å². The first-order valence-corrected chi connectivity index (χ1v) is 17.2. The van der Waals surface area contributed by atoms with E-state index in [9.17, 15) is 24.6 Å². The zero-order valence-electron chi connectivity index (χ0n) is 27.8. The molecular formula is C37H33Cl2N7O6. The summed E-state index contributed by atoms with van der Waals surface area (Å²) in [4.78, 5) is 51.7. The van der Waals surface area contributed by atoms with Crippen LogP contribution in [0.15, 0.2) is 82.8 Å². The van der Waals surface area contributed by atoms with Gasteiger partial charge in [0.05, 0.1) is 42.0 Å². The van der Waals surface area contributed by atoms with Gasteiger partial charge in [0.1, 0.15) is 17.0 Å². The number of aliphatic hydroxyl groups is 1. The Morgan fingerprint density at radius 1 is 1.02 bits per heavy atom. The topological polar surface area (TPSA) is 171 Å². The summed E-state index contributed by atoms with van der Waals surface area (Å²) < 4.78 is 7.02. The molecule has 1 fully saturated rings. The van der Waals surface area contributed by atoms with E-state index < -0.39 is 12.2 Å².